The fourth-order valence-corrected chi connectivity index (χ4v) is 3.99. The Kier molecular flexibility index (Phi) is 5.19. The zero-order valence-corrected chi connectivity index (χ0v) is 16.0. The van der Waals surface area contributed by atoms with Gasteiger partial charge in [-0.3, -0.25) is 14.0 Å². The van der Waals surface area contributed by atoms with E-state index in [4.69, 9.17) is 9.47 Å². The third-order valence-electron chi connectivity index (χ3n) is 3.57. The Labute approximate surface area is 156 Å². The van der Waals surface area contributed by atoms with Crippen LogP contribution >= 0.6 is 27.3 Å². The number of aromatic nitrogens is 2. The molecule has 1 aromatic carbocycles. The number of carbonyl (C=O) groups excluding carboxylic acids is 2. The van der Waals surface area contributed by atoms with Crippen LogP contribution in [0.15, 0.2) is 28.9 Å². The monoisotopic (exact) mass is 422 g/mol. The molecular weight excluding hydrogens is 408 g/mol. The SMILES string of the molecule is CCOC(=O)Cc1cn2c(C=O)c(-c3ccc(OC)c(Br)c3)nc2s1. The second-order valence-electron chi connectivity index (χ2n) is 5.14. The quantitative estimate of drug-likeness (QED) is 0.446. The number of methoxy groups -OCH3 is 1. The minimum Gasteiger partial charge on any atom is -0.496 e. The van der Waals surface area contributed by atoms with Gasteiger partial charge in [-0.15, -0.1) is 11.3 Å². The minimum atomic E-state index is -0.293. The number of imidazole rings is 1. The number of aldehydes is 1. The zero-order valence-electron chi connectivity index (χ0n) is 13.6. The van der Waals surface area contributed by atoms with Crippen molar-refractivity contribution < 1.29 is 19.1 Å². The summed E-state index contributed by atoms with van der Waals surface area (Å²) in [5.74, 6) is 0.410. The van der Waals surface area contributed by atoms with E-state index < -0.39 is 0 Å². The number of benzene rings is 1. The number of thiazole rings is 1. The maximum atomic E-state index is 11.6. The highest BCUT2D eigenvalue weighted by Crippen LogP contribution is 2.33. The van der Waals surface area contributed by atoms with Gasteiger partial charge >= 0.3 is 5.97 Å². The van der Waals surface area contributed by atoms with Gasteiger partial charge in [0.1, 0.15) is 17.1 Å². The second-order valence-corrected chi connectivity index (χ2v) is 7.09. The van der Waals surface area contributed by atoms with E-state index in [-0.39, 0.29) is 12.4 Å². The van der Waals surface area contributed by atoms with Crippen molar-refractivity contribution in [3.8, 4) is 17.0 Å². The van der Waals surface area contributed by atoms with Gasteiger partial charge in [0.15, 0.2) is 11.2 Å². The molecule has 0 bridgehead atoms. The lowest BCUT2D eigenvalue weighted by atomic mass is 10.1. The van der Waals surface area contributed by atoms with Crippen LogP contribution in [0.2, 0.25) is 0 Å². The largest absolute Gasteiger partial charge is 0.496 e. The molecule has 2 heterocycles. The summed E-state index contributed by atoms with van der Waals surface area (Å²) in [4.78, 5) is 29.3. The van der Waals surface area contributed by atoms with Gasteiger partial charge in [0.05, 0.1) is 24.6 Å². The number of rotatable bonds is 6. The highest BCUT2D eigenvalue weighted by atomic mass is 79.9. The van der Waals surface area contributed by atoms with Gasteiger partial charge in [-0.05, 0) is 41.1 Å². The number of esters is 1. The first-order chi connectivity index (χ1) is 12.1. The predicted molar refractivity (Wildman–Crippen MR) is 98.5 cm³/mol. The van der Waals surface area contributed by atoms with Gasteiger partial charge in [0.2, 0.25) is 0 Å². The Bertz CT molecular complexity index is 948. The lowest BCUT2D eigenvalue weighted by molar-refractivity contribution is -0.142. The molecule has 0 saturated heterocycles. The Hall–Kier alpha value is -2.19. The summed E-state index contributed by atoms with van der Waals surface area (Å²) in [5, 5.41) is 0. The van der Waals surface area contributed by atoms with Crippen molar-refractivity contribution in [2.45, 2.75) is 13.3 Å². The molecule has 2 aromatic heterocycles. The minimum absolute atomic E-state index is 0.170. The molecule has 6 nitrogen and oxygen atoms in total. The van der Waals surface area contributed by atoms with Crippen molar-refractivity contribution in [1.29, 1.82) is 0 Å². The first-order valence-electron chi connectivity index (χ1n) is 7.52. The van der Waals surface area contributed by atoms with Gasteiger partial charge in [0.25, 0.3) is 0 Å². The maximum Gasteiger partial charge on any atom is 0.311 e. The van der Waals surface area contributed by atoms with Crippen LogP contribution in [0.1, 0.15) is 22.3 Å². The number of fused-ring (bicyclic) bond motifs is 1. The molecule has 25 heavy (non-hydrogen) atoms. The molecule has 0 unspecified atom stereocenters. The molecule has 0 spiro atoms. The van der Waals surface area contributed by atoms with Gasteiger partial charge in [-0.1, -0.05) is 0 Å². The number of hydrogen-bond acceptors (Lipinski definition) is 6. The van der Waals surface area contributed by atoms with Crippen molar-refractivity contribution in [2.24, 2.45) is 0 Å². The summed E-state index contributed by atoms with van der Waals surface area (Å²) in [7, 11) is 1.59. The summed E-state index contributed by atoms with van der Waals surface area (Å²) in [6, 6.07) is 5.52. The van der Waals surface area contributed by atoms with E-state index >= 15 is 0 Å². The average Bonchev–Trinajstić information content (AvgIpc) is 3.11. The van der Waals surface area contributed by atoms with Crippen molar-refractivity contribution in [1.82, 2.24) is 9.38 Å². The summed E-state index contributed by atoms with van der Waals surface area (Å²) in [6.07, 6.45) is 2.70. The van der Waals surface area contributed by atoms with E-state index in [0.29, 0.717) is 28.7 Å². The molecule has 0 atom stereocenters. The van der Waals surface area contributed by atoms with Crippen LogP contribution in [0.4, 0.5) is 0 Å². The van der Waals surface area contributed by atoms with Crippen molar-refractivity contribution in [3.05, 3.63) is 39.4 Å². The number of hydrogen-bond donors (Lipinski definition) is 0. The molecule has 8 heteroatoms. The van der Waals surface area contributed by atoms with Crippen molar-refractivity contribution >= 4 is 44.5 Å². The van der Waals surface area contributed by atoms with Crippen LogP contribution in [0.3, 0.4) is 0 Å². The molecule has 0 amide bonds. The highest BCUT2D eigenvalue weighted by molar-refractivity contribution is 9.10. The third-order valence-corrected chi connectivity index (χ3v) is 5.17. The molecule has 0 fully saturated rings. The van der Waals surface area contributed by atoms with Crippen LogP contribution in [0, 0.1) is 0 Å². The molecule has 0 saturated carbocycles. The second kappa shape index (κ2) is 7.37. The standard InChI is InChI=1S/C17H15BrN2O4S/c1-3-24-15(22)7-11-8-20-13(9-21)16(19-17(20)25-11)10-4-5-14(23-2)12(18)6-10/h4-6,8-9H,3,7H2,1-2H3. The smallest absolute Gasteiger partial charge is 0.311 e. The normalized spacial score (nSPS) is 10.8. The Balaban J connectivity index is 2.00. The molecule has 130 valence electrons. The Morgan fingerprint density at radius 1 is 1.44 bits per heavy atom. The van der Waals surface area contributed by atoms with Gasteiger partial charge in [-0.2, -0.15) is 0 Å². The van der Waals surface area contributed by atoms with Crippen molar-refractivity contribution in [2.75, 3.05) is 13.7 Å². The average molecular weight is 423 g/mol. The topological polar surface area (TPSA) is 69.9 Å². The molecule has 0 aliphatic rings. The first kappa shape index (κ1) is 17.6. The lowest BCUT2D eigenvalue weighted by Crippen LogP contribution is -2.06. The zero-order chi connectivity index (χ0) is 18.0. The van der Waals surface area contributed by atoms with E-state index in [2.05, 4.69) is 20.9 Å². The van der Waals surface area contributed by atoms with E-state index in [0.717, 1.165) is 21.2 Å². The van der Waals surface area contributed by atoms with Gasteiger partial charge in [-0.25, -0.2) is 4.98 Å². The van der Waals surface area contributed by atoms with Crippen molar-refractivity contribution in [3.63, 3.8) is 0 Å². The van der Waals surface area contributed by atoms with Crippen LogP contribution in [0.5, 0.6) is 5.75 Å². The molecule has 0 aliphatic carbocycles. The molecule has 0 aliphatic heterocycles. The summed E-state index contributed by atoms with van der Waals surface area (Å²) < 4.78 is 12.7. The number of carbonyl (C=O) groups is 2. The highest BCUT2D eigenvalue weighted by Gasteiger charge is 2.18. The Morgan fingerprint density at radius 3 is 2.88 bits per heavy atom. The number of halogens is 1. The van der Waals surface area contributed by atoms with Gasteiger partial charge < -0.3 is 9.47 Å². The fraction of sp³-hybridized carbons (Fsp3) is 0.235. The van der Waals surface area contributed by atoms with E-state index in [1.807, 2.05) is 18.2 Å². The molecular formula is C17H15BrN2O4S. The molecule has 3 rings (SSSR count). The molecule has 0 radical (unpaired) electrons. The van der Waals surface area contributed by atoms with Crippen LogP contribution in [0.25, 0.3) is 16.2 Å². The maximum absolute atomic E-state index is 11.6. The van der Waals surface area contributed by atoms with Crippen LogP contribution in [-0.2, 0) is 16.0 Å². The summed E-state index contributed by atoms with van der Waals surface area (Å²) in [5.41, 5.74) is 1.84. The van der Waals surface area contributed by atoms with E-state index in [1.165, 1.54) is 11.3 Å². The third kappa shape index (κ3) is 3.45. The van der Waals surface area contributed by atoms with Crippen LogP contribution in [-0.4, -0.2) is 35.4 Å². The summed E-state index contributed by atoms with van der Waals surface area (Å²) in [6.45, 7) is 2.11. The number of nitrogens with zero attached hydrogens (tertiary/aromatic N) is 2. The number of ether oxygens (including phenoxy) is 2. The summed E-state index contributed by atoms with van der Waals surface area (Å²) >= 11 is 4.81. The molecule has 3 aromatic rings. The van der Waals surface area contributed by atoms with Gasteiger partial charge in [0, 0.05) is 16.6 Å². The predicted octanol–water partition coefficient (Wildman–Crippen LogP) is 3.75. The Morgan fingerprint density at radius 2 is 2.24 bits per heavy atom. The van der Waals surface area contributed by atoms with E-state index in [9.17, 15) is 9.59 Å². The van der Waals surface area contributed by atoms with E-state index in [1.54, 1.807) is 24.6 Å². The molecule has 0 N–H and O–H groups in total. The van der Waals surface area contributed by atoms with Crippen LogP contribution < -0.4 is 4.74 Å². The lowest BCUT2D eigenvalue weighted by Gasteiger charge is -2.05. The first-order valence-corrected chi connectivity index (χ1v) is 9.13. The fourth-order valence-electron chi connectivity index (χ4n) is 2.48.